The molecule has 2 N–H and O–H groups in total. The third-order valence-electron chi connectivity index (χ3n) is 3.60. The molecule has 1 aromatic rings. The van der Waals surface area contributed by atoms with Crippen LogP contribution in [-0.2, 0) is 11.3 Å². The van der Waals surface area contributed by atoms with E-state index in [1.54, 1.807) is 19.1 Å². The predicted molar refractivity (Wildman–Crippen MR) is 95.7 cm³/mol. The third kappa shape index (κ3) is 7.90. The van der Waals surface area contributed by atoms with Crippen LogP contribution in [0, 0.1) is 0 Å². The summed E-state index contributed by atoms with van der Waals surface area (Å²) < 4.78 is 11.4. The number of Topliss-reactive ketones (excluding diaryl/α,β-unsaturated/α-hetero) is 1. The Bertz CT molecular complexity index is 490. The normalized spacial score (nSPS) is 12.2. The number of carbonyl (C=O) groups is 1. The molecule has 0 aliphatic rings. The maximum Gasteiger partial charge on any atom is 0.159 e. The molecule has 24 heavy (non-hydrogen) atoms. The molecule has 0 fully saturated rings. The van der Waals surface area contributed by atoms with Gasteiger partial charge in [-0.05, 0) is 44.5 Å². The molecular formula is C19H31NO4. The summed E-state index contributed by atoms with van der Waals surface area (Å²) >= 11 is 0. The van der Waals surface area contributed by atoms with Gasteiger partial charge >= 0.3 is 0 Å². The van der Waals surface area contributed by atoms with Crippen LogP contribution in [0.15, 0.2) is 18.2 Å². The van der Waals surface area contributed by atoms with Crippen LogP contribution in [0.2, 0.25) is 0 Å². The topological polar surface area (TPSA) is 67.8 Å². The second-order valence-electron chi connectivity index (χ2n) is 5.95. The summed E-state index contributed by atoms with van der Waals surface area (Å²) in [6.45, 7) is 8.41. The molecule has 136 valence electrons. The fraction of sp³-hybridized carbons (Fsp3) is 0.632. The zero-order chi connectivity index (χ0) is 17.8. The van der Waals surface area contributed by atoms with Crippen molar-refractivity contribution in [2.45, 2.75) is 52.7 Å². The summed E-state index contributed by atoms with van der Waals surface area (Å²) in [4.78, 5) is 11.6. The molecule has 5 nitrogen and oxygen atoms in total. The predicted octanol–water partition coefficient (Wildman–Crippen LogP) is 2.95. The van der Waals surface area contributed by atoms with Crippen molar-refractivity contribution in [2.75, 3.05) is 26.3 Å². The van der Waals surface area contributed by atoms with Crippen molar-refractivity contribution in [3.05, 3.63) is 29.3 Å². The van der Waals surface area contributed by atoms with Crippen LogP contribution in [0.3, 0.4) is 0 Å². The zero-order valence-electron chi connectivity index (χ0n) is 15.1. The van der Waals surface area contributed by atoms with E-state index in [2.05, 4.69) is 19.2 Å². The number of carbonyl (C=O) groups excluding carboxylic acids is 1. The molecular weight excluding hydrogens is 306 g/mol. The number of nitrogens with one attached hydrogen (secondary N) is 1. The first-order valence-electron chi connectivity index (χ1n) is 8.81. The van der Waals surface area contributed by atoms with Crippen molar-refractivity contribution in [2.24, 2.45) is 0 Å². The number of hydrogen-bond acceptors (Lipinski definition) is 5. The highest BCUT2D eigenvalue weighted by molar-refractivity contribution is 5.94. The lowest BCUT2D eigenvalue weighted by atomic mass is 10.1. The fourth-order valence-electron chi connectivity index (χ4n) is 2.17. The molecule has 1 atom stereocenters. The summed E-state index contributed by atoms with van der Waals surface area (Å²) in [5.41, 5.74) is 1.48. The standard InChI is InChI=1S/C19H31NO4/c1-4-6-10-23-13-17-11-16(15(3)21)7-8-19(17)24-14-18(22)12-20-9-5-2/h7-8,11,18,20,22H,4-6,9-10,12-14H2,1-3H3. The Morgan fingerprint density at radius 1 is 1.29 bits per heavy atom. The lowest BCUT2D eigenvalue weighted by Crippen LogP contribution is -2.31. The Morgan fingerprint density at radius 2 is 2.08 bits per heavy atom. The largest absolute Gasteiger partial charge is 0.490 e. The molecule has 1 aromatic carbocycles. The molecule has 0 aliphatic heterocycles. The summed E-state index contributed by atoms with van der Waals surface area (Å²) in [6, 6.07) is 5.34. The van der Waals surface area contributed by atoms with Gasteiger partial charge in [0.15, 0.2) is 5.78 Å². The second kappa shape index (κ2) is 12.0. The van der Waals surface area contributed by atoms with Gasteiger partial charge in [0.25, 0.3) is 0 Å². The van der Waals surface area contributed by atoms with Crippen LogP contribution < -0.4 is 10.1 Å². The fourth-order valence-corrected chi connectivity index (χ4v) is 2.17. The molecule has 0 radical (unpaired) electrons. The number of unbranched alkanes of at least 4 members (excludes halogenated alkanes) is 1. The van der Waals surface area contributed by atoms with E-state index in [4.69, 9.17) is 9.47 Å². The number of ketones is 1. The van der Waals surface area contributed by atoms with Crippen molar-refractivity contribution >= 4 is 5.78 Å². The van der Waals surface area contributed by atoms with E-state index in [-0.39, 0.29) is 12.4 Å². The minimum absolute atomic E-state index is 0.0140. The SMILES string of the molecule is CCCCOCc1cc(C(C)=O)ccc1OCC(O)CNCCC. The molecule has 5 heteroatoms. The molecule has 0 aromatic heterocycles. The maximum absolute atomic E-state index is 11.6. The maximum atomic E-state index is 11.6. The molecule has 0 saturated carbocycles. The molecule has 0 saturated heterocycles. The first-order valence-corrected chi connectivity index (χ1v) is 8.81. The van der Waals surface area contributed by atoms with Gasteiger partial charge in [0.1, 0.15) is 18.5 Å². The van der Waals surface area contributed by atoms with Gasteiger partial charge in [0.05, 0.1) is 6.61 Å². The summed E-state index contributed by atoms with van der Waals surface area (Å²) in [7, 11) is 0. The molecule has 1 unspecified atom stereocenters. The van der Waals surface area contributed by atoms with E-state index in [1.807, 2.05) is 6.07 Å². The van der Waals surface area contributed by atoms with Crippen molar-refractivity contribution in [1.82, 2.24) is 5.32 Å². The highest BCUT2D eigenvalue weighted by Gasteiger charge is 2.11. The molecule has 0 spiro atoms. The van der Waals surface area contributed by atoms with Gasteiger partial charge in [-0.1, -0.05) is 20.3 Å². The Labute approximate surface area is 145 Å². The van der Waals surface area contributed by atoms with Crippen LogP contribution in [0.5, 0.6) is 5.75 Å². The van der Waals surface area contributed by atoms with Gasteiger partial charge in [0, 0.05) is 24.3 Å². The Hall–Kier alpha value is -1.43. The van der Waals surface area contributed by atoms with Gasteiger partial charge in [-0.2, -0.15) is 0 Å². The van der Waals surface area contributed by atoms with Crippen LogP contribution in [-0.4, -0.2) is 43.3 Å². The van der Waals surface area contributed by atoms with Gasteiger partial charge in [0.2, 0.25) is 0 Å². The van der Waals surface area contributed by atoms with Crippen LogP contribution >= 0.6 is 0 Å². The second-order valence-corrected chi connectivity index (χ2v) is 5.95. The number of aliphatic hydroxyl groups excluding tert-OH is 1. The minimum atomic E-state index is -0.571. The summed E-state index contributed by atoms with van der Waals surface area (Å²) in [6.07, 6.45) is 2.54. The average molecular weight is 337 g/mol. The molecule has 1 rings (SSSR count). The summed E-state index contributed by atoms with van der Waals surface area (Å²) in [5, 5.41) is 13.1. The molecule has 0 bridgehead atoms. The lowest BCUT2D eigenvalue weighted by molar-refractivity contribution is 0.0968. The molecule has 0 amide bonds. The van der Waals surface area contributed by atoms with Crippen LogP contribution in [0.25, 0.3) is 0 Å². The quantitative estimate of drug-likeness (QED) is 0.428. The first-order chi connectivity index (χ1) is 11.6. The van der Waals surface area contributed by atoms with E-state index in [9.17, 15) is 9.90 Å². The number of ether oxygens (including phenoxy) is 2. The third-order valence-corrected chi connectivity index (χ3v) is 3.60. The number of aliphatic hydroxyl groups is 1. The van der Waals surface area contributed by atoms with Crippen molar-refractivity contribution < 1.29 is 19.4 Å². The van der Waals surface area contributed by atoms with Crippen LogP contribution in [0.1, 0.15) is 56.0 Å². The number of benzene rings is 1. The van der Waals surface area contributed by atoms with Gasteiger partial charge < -0.3 is 19.9 Å². The van der Waals surface area contributed by atoms with Gasteiger partial charge in [-0.15, -0.1) is 0 Å². The highest BCUT2D eigenvalue weighted by atomic mass is 16.5. The Morgan fingerprint density at radius 3 is 2.75 bits per heavy atom. The molecule has 0 heterocycles. The van der Waals surface area contributed by atoms with Crippen LogP contribution in [0.4, 0.5) is 0 Å². The number of rotatable bonds is 13. The Balaban J connectivity index is 2.64. The van der Waals surface area contributed by atoms with Gasteiger partial charge in [-0.25, -0.2) is 0 Å². The van der Waals surface area contributed by atoms with E-state index >= 15 is 0 Å². The monoisotopic (exact) mass is 337 g/mol. The lowest BCUT2D eigenvalue weighted by Gasteiger charge is -2.16. The average Bonchev–Trinajstić information content (AvgIpc) is 2.57. The van der Waals surface area contributed by atoms with Crippen molar-refractivity contribution in [3.8, 4) is 5.75 Å². The van der Waals surface area contributed by atoms with E-state index in [0.717, 1.165) is 31.4 Å². The Kier molecular flexibility index (Phi) is 10.3. The first kappa shape index (κ1) is 20.6. The van der Waals surface area contributed by atoms with E-state index < -0.39 is 6.10 Å². The summed E-state index contributed by atoms with van der Waals surface area (Å²) in [5.74, 6) is 0.672. The zero-order valence-corrected chi connectivity index (χ0v) is 15.1. The number of hydrogen-bond donors (Lipinski definition) is 2. The smallest absolute Gasteiger partial charge is 0.159 e. The van der Waals surface area contributed by atoms with Crippen molar-refractivity contribution in [3.63, 3.8) is 0 Å². The highest BCUT2D eigenvalue weighted by Crippen LogP contribution is 2.22. The van der Waals surface area contributed by atoms with Gasteiger partial charge in [-0.3, -0.25) is 4.79 Å². The van der Waals surface area contributed by atoms with Crippen molar-refractivity contribution in [1.29, 1.82) is 0 Å². The molecule has 0 aliphatic carbocycles. The minimum Gasteiger partial charge on any atom is -0.490 e. The van der Waals surface area contributed by atoms with E-state index in [1.165, 1.54) is 0 Å². The van der Waals surface area contributed by atoms with E-state index in [0.29, 0.717) is 31.1 Å².